The molecule has 5 heteroatoms. The molecule has 1 fully saturated rings. The lowest BCUT2D eigenvalue weighted by molar-refractivity contribution is 0.584. The van der Waals surface area contributed by atoms with Crippen LogP contribution < -0.4 is 15.5 Å². The molecule has 1 aromatic heterocycles. The average molecular weight is 255 g/mol. The molecule has 1 saturated heterocycles. The number of hydrogen-bond donors (Lipinski definition) is 2. The van der Waals surface area contributed by atoms with Crippen LogP contribution in [0.1, 0.15) is 0 Å². The van der Waals surface area contributed by atoms with Crippen LogP contribution in [-0.2, 0) is 0 Å². The van der Waals surface area contributed by atoms with Gasteiger partial charge in [-0.1, -0.05) is 18.2 Å². The number of nitrogens with zero attached hydrogens (tertiary/aromatic N) is 3. The Hall–Kier alpha value is -2.14. The van der Waals surface area contributed by atoms with Crippen molar-refractivity contribution in [3.63, 3.8) is 0 Å². The fourth-order valence-corrected chi connectivity index (χ4v) is 2.13. The van der Waals surface area contributed by atoms with Crippen LogP contribution in [0.3, 0.4) is 0 Å². The van der Waals surface area contributed by atoms with E-state index in [1.54, 1.807) is 6.20 Å². The number of hydrogen-bond acceptors (Lipinski definition) is 5. The molecule has 2 N–H and O–H groups in total. The predicted molar refractivity (Wildman–Crippen MR) is 76.8 cm³/mol. The van der Waals surface area contributed by atoms with Crippen molar-refractivity contribution in [1.29, 1.82) is 0 Å². The molecular weight excluding hydrogens is 238 g/mol. The molecule has 5 nitrogen and oxygen atoms in total. The molecule has 0 saturated carbocycles. The first-order valence-corrected chi connectivity index (χ1v) is 6.51. The van der Waals surface area contributed by atoms with Crippen molar-refractivity contribution in [2.45, 2.75) is 0 Å². The molecule has 0 spiro atoms. The topological polar surface area (TPSA) is 53.1 Å². The lowest BCUT2D eigenvalue weighted by Gasteiger charge is -2.28. The lowest BCUT2D eigenvalue weighted by Crippen LogP contribution is -2.43. The van der Waals surface area contributed by atoms with E-state index >= 15 is 0 Å². The third kappa shape index (κ3) is 3.00. The van der Waals surface area contributed by atoms with Crippen molar-refractivity contribution in [3.05, 3.63) is 42.7 Å². The third-order valence-corrected chi connectivity index (χ3v) is 3.11. The molecule has 0 radical (unpaired) electrons. The number of nitrogens with one attached hydrogen (secondary N) is 2. The van der Waals surface area contributed by atoms with Gasteiger partial charge in [-0.05, 0) is 12.1 Å². The van der Waals surface area contributed by atoms with Crippen LogP contribution >= 0.6 is 0 Å². The van der Waals surface area contributed by atoms with Gasteiger partial charge in [0.25, 0.3) is 0 Å². The van der Waals surface area contributed by atoms with Crippen LogP contribution in [0.5, 0.6) is 0 Å². The molecule has 0 atom stereocenters. The molecule has 2 heterocycles. The van der Waals surface area contributed by atoms with Gasteiger partial charge in [-0.25, -0.2) is 4.98 Å². The second kappa shape index (κ2) is 5.67. The Morgan fingerprint density at radius 2 is 1.84 bits per heavy atom. The summed E-state index contributed by atoms with van der Waals surface area (Å²) in [6, 6.07) is 10.0. The van der Waals surface area contributed by atoms with Crippen LogP contribution in [0, 0.1) is 0 Å². The Morgan fingerprint density at radius 3 is 2.63 bits per heavy atom. The highest BCUT2D eigenvalue weighted by Gasteiger charge is 2.12. The van der Waals surface area contributed by atoms with E-state index < -0.39 is 0 Å². The van der Waals surface area contributed by atoms with Gasteiger partial charge in [-0.15, -0.1) is 0 Å². The van der Waals surface area contributed by atoms with Gasteiger partial charge in [0.2, 0.25) is 0 Å². The van der Waals surface area contributed by atoms with Crippen molar-refractivity contribution in [2.75, 3.05) is 36.4 Å². The van der Waals surface area contributed by atoms with E-state index in [2.05, 4.69) is 25.5 Å². The molecular formula is C14H17N5. The van der Waals surface area contributed by atoms with Crippen molar-refractivity contribution in [1.82, 2.24) is 15.3 Å². The summed E-state index contributed by atoms with van der Waals surface area (Å²) in [6.07, 6.45) is 3.57. The molecule has 1 aromatic carbocycles. The molecule has 0 bridgehead atoms. The van der Waals surface area contributed by atoms with Crippen LogP contribution in [0.2, 0.25) is 0 Å². The first-order chi connectivity index (χ1) is 9.42. The predicted octanol–water partition coefficient (Wildman–Crippen LogP) is 1.63. The van der Waals surface area contributed by atoms with Crippen LogP contribution in [-0.4, -0.2) is 36.1 Å². The molecule has 1 aliphatic rings. The number of piperazine rings is 1. The highest BCUT2D eigenvalue weighted by atomic mass is 15.2. The lowest BCUT2D eigenvalue weighted by atomic mass is 10.3. The summed E-state index contributed by atoms with van der Waals surface area (Å²) in [5.74, 6) is 1.71. The molecule has 0 aliphatic carbocycles. The van der Waals surface area contributed by atoms with Gasteiger partial charge in [0.05, 0.1) is 12.4 Å². The molecule has 1 aliphatic heterocycles. The number of anilines is 3. The second-order valence-electron chi connectivity index (χ2n) is 4.49. The Bertz CT molecular complexity index is 522. The maximum Gasteiger partial charge on any atom is 0.151 e. The summed E-state index contributed by atoms with van der Waals surface area (Å²) >= 11 is 0. The third-order valence-electron chi connectivity index (χ3n) is 3.11. The minimum atomic E-state index is 0.780. The highest BCUT2D eigenvalue weighted by Crippen LogP contribution is 2.17. The summed E-state index contributed by atoms with van der Waals surface area (Å²) in [5, 5.41) is 6.60. The smallest absolute Gasteiger partial charge is 0.151 e. The van der Waals surface area contributed by atoms with Crippen LogP contribution in [0.4, 0.5) is 17.3 Å². The molecule has 98 valence electrons. The zero-order chi connectivity index (χ0) is 12.9. The highest BCUT2D eigenvalue weighted by molar-refractivity contribution is 5.56. The summed E-state index contributed by atoms with van der Waals surface area (Å²) in [7, 11) is 0. The van der Waals surface area contributed by atoms with Gasteiger partial charge < -0.3 is 15.5 Å². The summed E-state index contributed by atoms with van der Waals surface area (Å²) in [6.45, 7) is 3.95. The van der Waals surface area contributed by atoms with E-state index in [4.69, 9.17) is 0 Å². The molecule has 2 aromatic rings. The minimum Gasteiger partial charge on any atom is -0.353 e. The van der Waals surface area contributed by atoms with E-state index in [1.807, 2.05) is 36.5 Å². The molecule has 0 amide bonds. The average Bonchev–Trinajstić information content (AvgIpc) is 2.49. The van der Waals surface area contributed by atoms with Crippen molar-refractivity contribution in [3.8, 4) is 0 Å². The summed E-state index contributed by atoms with van der Waals surface area (Å²) < 4.78 is 0. The fourth-order valence-electron chi connectivity index (χ4n) is 2.13. The molecule has 3 rings (SSSR count). The quantitative estimate of drug-likeness (QED) is 0.873. The summed E-state index contributed by atoms with van der Waals surface area (Å²) in [5.41, 5.74) is 1.02. The zero-order valence-corrected chi connectivity index (χ0v) is 10.7. The van der Waals surface area contributed by atoms with Gasteiger partial charge in [-0.2, -0.15) is 0 Å². The van der Waals surface area contributed by atoms with Gasteiger partial charge in [0, 0.05) is 31.9 Å². The van der Waals surface area contributed by atoms with Crippen molar-refractivity contribution >= 4 is 17.3 Å². The fraction of sp³-hybridized carbons (Fsp3) is 0.286. The van der Waals surface area contributed by atoms with E-state index in [0.717, 1.165) is 43.5 Å². The first kappa shape index (κ1) is 11.9. The van der Waals surface area contributed by atoms with Gasteiger partial charge in [-0.3, -0.25) is 4.98 Å². The van der Waals surface area contributed by atoms with E-state index in [0.29, 0.717) is 0 Å². The number of rotatable bonds is 3. The molecule has 0 unspecified atom stereocenters. The maximum absolute atomic E-state index is 4.62. The molecule has 19 heavy (non-hydrogen) atoms. The zero-order valence-electron chi connectivity index (χ0n) is 10.7. The normalized spacial score (nSPS) is 15.3. The van der Waals surface area contributed by atoms with E-state index in [9.17, 15) is 0 Å². The van der Waals surface area contributed by atoms with Crippen molar-refractivity contribution < 1.29 is 0 Å². The minimum absolute atomic E-state index is 0.780. The van der Waals surface area contributed by atoms with Crippen LogP contribution in [0.15, 0.2) is 42.7 Å². The summed E-state index contributed by atoms with van der Waals surface area (Å²) in [4.78, 5) is 11.1. The SMILES string of the molecule is c1ccc(Nc2cncc(N3CCNCC3)n2)cc1. The van der Waals surface area contributed by atoms with E-state index in [-0.39, 0.29) is 0 Å². The monoisotopic (exact) mass is 255 g/mol. The number of benzene rings is 1. The van der Waals surface area contributed by atoms with Crippen molar-refractivity contribution in [2.24, 2.45) is 0 Å². The Balaban J connectivity index is 1.76. The van der Waals surface area contributed by atoms with E-state index in [1.165, 1.54) is 0 Å². The Labute approximate surface area is 112 Å². The van der Waals surface area contributed by atoms with Gasteiger partial charge in [0.15, 0.2) is 5.82 Å². The Morgan fingerprint density at radius 1 is 1.05 bits per heavy atom. The second-order valence-corrected chi connectivity index (χ2v) is 4.49. The standard InChI is InChI=1S/C14H17N5/c1-2-4-12(5-3-1)17-13-10-16-11-14(18-13)19-8-6-15-7-9-19/h1-5,10-11,15H,6-9H2,(H,17,18). The largest absolute Gasteiger partial charge is 0.353 e. The number of para-hydroxylation sites is 1. The first-order valence-electron chi connectivity index (χ1n) is 6.51. The van der Waals surface area contributed by atoms with Crippen LogP contribution in [0.25, 0.3) is 0 Å². The Kier molecular flexibility index (Phi) is 3.56. The maximum atomic E-state index is 4.62. The van der Waals surface area contributed by atoms with Gasteiger partial charge >= 0.3 is 0 Å². The number of aromatic nitrogens is 2. The van der Waals surface area contributed by atoms with Gasteiger partial charge in [0.1, 0.15) is 5.82 Å².